The van der Waals surface area contributed by atoms with Gasteiger partial charge in [-0.1, -0.05) is 18.2 Å². The first-order chi connectivity index (χ1) is 5.75. The molecule has 0 aliphatic carbocycles. The first kappa shape index (κ1) is 8.59. The number of carbonyl (C=O) groups excluding carboxylic acids is 1. The highest BCUT2D eigenvalue weighted by molar-refractivity contribution is 5.48. The summed E-state index contributed by atoms with van der Waals surface area (Å²) in [5.41, 5.74) is 0.726. The van der Waals surface area contributed by atoms with Crippen molar-refractivity contribution in [2.24, 2.45) is 0 Å². The second kappa shape index (κ2) is 3.76. The Morgan fingerprint density at radius 2 is 2.17 bits per heavy atom. The molecule has 1 rings (SSSR count). The lowest BCUT2D eigenvalue weighted by Crippen LogP contribution is -2.15. The van der Waals surface area contributed by atoms with Crippen LogP contribution in [-0.4, -0.2) is 11.5 Å². The van der Waals surface area contributed by atoms with Crippen LogP contribution < -0.4 is 5.32 Å². The molecule has 0 spiro atoms. The van der Waals surface area contributed by atoms with E-state index in [4.69, 9.17) is 0 Å². The second-order valence-corrected chi connectivity index (χ2v) is 2.57. The summed E-state index contributed by atoms with van der Waals surface area (Å²) in [6.07, 6.45) is 0.622. The van der Waals surface area contributed by atoms with Crippen LogP contribution in [0.15, 0.2) is 24.3 Å². The number of hydrogen-bond acceptors (Lipinski definition) is 2. The minimum Gasteiger partial charge on any atom is -0.508 e. The minimum atomic E-state index is -0.149. The van der Waals surface area contributed by atoms with Gasteiger partial charge in [0.05, 0.1) is 6.04 Å². The molecule has 0 aromatic heterocycles. The maximum absolute atomic E-state index is 10.1. The molecule has 3 heteroatoms. The van der Waals surface area contributed by atoms with E-state index in [2.05, 4.69) is 5.32 Å². The third kappa shape index (κ3) is 1.75. The quantitative estimate of drug-likeness (QED) is 0.661. The average Bonchev–Trinajstić information content (AvgIpc) is 2.05. The van der Waals surface area contributed by atoms with Gasteiger partial charge in [0.1, 0.15) is 5.75 Å². The Morgan fingerprint density at radius 1 is 1.50 bits per heavy atom. The van der Waals surface area contributed by atoms with E-state index < -0.39 is 0 Å². The number of phenolic OH excluding ortho intramolecular Hbond substituents is 1. The highest BCUT2D eigenvalue weighted by Gasteiger charge is 2.06. The third-order valence-corrected chi connectivity index (χ3v) is 1.72. The highest BCUT2D eigenvalue weighted by atomic mass is 16.3. The van der Waals surface area contributed by atoms with Gasteiger partial charge in [-0.3, -0.25) is 4.79 Å². The van der Waals surface area contributed by atoms with Gasteiger partial charge in [-0.15, -0.1) is 0 Å². The van der Waals surface area contributed by atoms with Crippen LogP contribution >= 0.6 is 0 Å². The molecule has 2 N–H and O–H groups in total. The minimum absolute atomic E-state index is 0.149. The Labute approximate surface area is 71.0 Å². The van der Waals surface area contributed by atoms with Crippen LogP contribution in [0.2, 0.25) is 0 Å². The maximum Gasteiger partial charge on any atom is 0.207 e. The third-order valence-electron chi connectivity index (χ3n) is 1.72. The molecule has 1 unspecified atom stereocenters. The zero-order chi connectivity index (χ0) is 8.97. The van der Waals surface area contributed by atoms with E-state index in [9.17, 15) is 9.90 Å². The molecule has 0 saturated heterocycles. The molecule has 0 aliphatic rings. The van der Waals surface area contributed by atoms with Crippen LogP contribution in [0.1, 0.15) is 18.5 Å². The number of nitrogens with one attached hydrogen (secondary N) is 1. The molecule has 0 heterocycles. The smallest absolute Gasteiger partial charge is 0.207 e. The molecule has 12 heavy (non-hydrogen) atoms. The second-order valence-electron chi connectivity index (χ2n) is 2.57. The summed E-state index contributed by atoms with van der Waals surface area (Å²) in [4.78, 5) is 10.1. The predicted molar refractivity (Wildman–Crippen MR) is 45.7 cm³/mol. The zero-order valence-electron chi connectivity index (χ0n) is 6.82. The van der Waals surface area contributed by atoms with Crippen LogP contribution in [0.5, 0.6) is 5.75 Å². The van der Waals surface area contributed by atoms with E-state index in [0.29, 0.717) is 6.41 Å². The van der Waals surface area contributed by atoms with Gasteiger partial charge in [-0.2, -0.15) is 0 Å². The van der Waals surface area contributed by atoms with Crippen molar-refractivity contribution >= 4 is 6.41 Å². The van der Waals surface area contributed by atoms with Gasteiger partial charge in [0.25, 0.3) is 0 Å². The monoisotopic (exact) mass is 165 g/mol. The summed E-state index contributed by atoms with van der Waals surface area (Å²) < 4.78 is 0. The molecular formula is C9H11NO2. The summed E-state index contributed by atoms with van der Waals surface area (Å²) in [6.45, 7) is 1.81. The zero-order valence-corrected chi connectivity index (χ0v) is 6.82. The number of aromatic hydroxyl groups is 1. The van der Waals surface area contributed by atoms with Crippen molar-refractivity contribution in [3.63, 3.8) is 0 Å². The maximum atomic E-state index is 10.1. The molecule has 3 nitrogen and oxygen atoms in total. The lowest BCUT2D eigenvalue weighted by molar-refractivity contribution is -0.110. The fraction of sp³-hybridized carbons (Fsp3) is 0.222. The molecule has 1 atom stereocenters. The van der Waals surface area contributed by atoms with Gasteiger partial charge in [0, 0.05) is 5.56 Å². The lowest BCUT2D eigenvalue weighted by atomic mass is 10.1. The van der Waals surface area contributed by atoms with Gasteiger partial charge in [0.15, 0.2) is 0 Å². The van der Waals surface area contributed by atoms with Crippen molar-refractivity contribution in [2.45, 2.75) is 13.0 Å². The number of rotatable bonds is 3. The van der Waals surface area contributed by atoms with Crippen LogP contribution in [0.25, 0.3) is 0 Å². The fourth-order valence-corrected chi connectivity index (χ4v) is 1.05. The molecule has 64 valence electrons. The molecule has 0 fully saturated rings. The number of para-hydroxylation sites is 1. The van der Waals surface area contributed by atoms with E-state index in [0.717, 1.165) is 5.56 Å². The number of carbonyl (C=O) groups is 1. The van der Waals surface area contributed by atoms with Crippen LogP contribution in [0.4, 0.5) is 0 Å². The Morgan fingerprint density at radius 3 is 2.75 bits per heavy atom. The van der Waals surface area contributed by atoms with E-state index in [1.54, 1.807) is 18.2 Å². The van der Waals surface area contributed by atoms with Gasteiger partial charge in [-0.05, 0) is 13.0 Å². The molecule has 1 aromatic rings. The predicted octanol–water partition coefficient (Wildman–Crippen LogP) is 1.20. The molecule has 0 bridgehead atoms. The van der Waals surface area contributed by atoms with Crippen molar-refractivity contribution in [2.75, 3.05) is 0 Å². The van der Waals surface area contributed by atoms with Crippen molar-refractivity contribution < 1.29 is 9.90 Å². The van der Waals surface area contributed by atoms with Crippen LogP contribution in [-0.2, 0) is 4.79 Å². The summed E-state index contributed by atoms with van der Waals surface area (Å²) in [7, 11) is 0. The summed E-state index contributed by atoms with van der Waals surface area (Å²) in [5, 5.41) is 11.9. The average molecular weight is 165 g/mol. The topological polar surface area (TPSA) is 49.3 Å². The molecule has 0 saturated carbocycles. The number of benzene rings is 1. The van der Waals surface area contributed by atoms with E-state index in [-0.39, 0.29) is 11.8 Å². The van der Waals surface area contributed by atoms with E-state index in [1.807, 2.05) is 13.0 Å². The first-order valence-corrected chi connectivity index (χ1v) is 3.73. The van der Waals surface area contributed by atoms with Gasteiger partial charge >= 0.3 is 0 Å². The van der Waals surface area contributed by atoms with Gasteiger partial charge < -0.3 is 10.4 Å². The van der Waals surface area contributed by atoms with Gasteiger partial charge in [0.2, 0.25) is 6.41 Å². The molecule has 0 aliphatic heterocycles. The SMILES string of the molecule is CC(NC=O)c1ccccc1O. The summed E-state index contributed by atoms with van der Waals surface area (Å²) in [6, 6.07) is 6.78. The molecule has 0 radical (unpaired) electrons. The largest absolute Gasteiger partial charge is 0.508 e. The summed E-state index contributed by atoms with van der Waals surface area (Å²) >= 11 is 0. The Hall–Kier alpha value is -1.51. The molecule has 1 aromatic carbocycles. The van der Waals surface area contributed by atoms with Crippen molar-refractivity contribution in [3.8, 4) is 5.75 Å². The Bertz CT molecular complexity index is 273. The lowest BCUT2D eigenvalue weighted by Gasteiger charge is -2.11. The normalized spacial score (nSPS) is 12.1. The van der Waals surface area contributed by atoms with Crippen LogP contribution in [0, 0.1) is 0 Å². The number of phenols is 1. The molecular weight excluding hydrogens is 154 g/mol. The Kier molecular flexibility index (Phi) is 2.69. The fourth-order valence-electron chi connectivity index (χ4n) is 1.05. The standard InChI is InChI=1S/C9H11NO2/c1-7(10-6-11)8-4-2-3-5-9(8)12/h2-7,12H,1H3,(H,10,11). The van der Waals surface area contributed by atoms with E-state index >= 15 is 0 Å². The number of hydrogen-bond donors (Lipinski definition) is 2. The van der Waals surface area contributed by atoms with Crippen molar-refractivity contribution in [1.82, 2.24) is 5.32 Å². The summed E-state index contributed by atoms with van der Waals surface area (Å²) in [5.74, 6) is 0.208. The van der Waals surface area contributed by atoms with Crippen molar-refractivity contribution in [3.05, 3.63) is 29.8 Å². The Balaban J connectivity index is 2.86. The van der Waals surface area contributed by atoms with Gasteiger partial charge in [-0.25, -0.2) is 0 Å². The first-order valence-electron chi connectivity index (χ1n) is 3.73. The van der Waals surface area contributed by atoms with Crippen LogP contribution in [0.3, 0.4) is 0 Å². The van der Waals surface area contributed by atoms with Crippen molar-refractivity contribution in [1.29, 1.82) is 0 Å². The highest BCUT2D eigenvalue weighted by Crippen LogP contribution is 2.22. The molecule has 1 amide bonds. The van der Waals surface area contributed by atoms with E-state index in [1.165, 1.54) is 0 Å². The number of amides is 1.